The smallest absolute Gasteiger partial charge is 0.229 e. The van der Waals surface area contributed by atoms with Crippen LogP contribution in [-0.4, -0.2) is 41.8 Å². The Bertz CT molecular complexity index is 1180. The van der Waals surface area contributed by atoms with Crippen LogP contribution in [0.3, 0.4) is 0 Å². The predicted octanol–water partition coefficient (Wildman–Crippen LogP) is 3.95. The summed E-state index contributed by atoms with van der Waals surface area (Å²) in [7, 11) is 0. The maximum absolute atomic E-state index is 6.31. The second kappa shape index (κ2) is 8.31. The van der Waals surface area contributed by atoms with E-state index in [-0.39, 0.29) is 6.04 Å². The minimum absolute atomic E-state index is 0.0478. The topological polar surface area (TPSA) is 122 Å². The van der Waals surface area contributed by atoms with Crippen molar-refractivity contribution < 1.29 is 4.52 Å². The summed E-state index contributed by atoms with van der Waals surface area (Å²) in [6, 6.07) is 7.20. The van der Waals surface area contributed by atoms with Gasteiger partial charge >= 0.3 is 0 Å². The van der Waals surface area contributed by atoms with E-state index < -0.39 is 0 Å². The van der Waals surface area contributed by atoms with E-state index in [0.29, 0.717) is 34.3 Å². The second-order valence-corrected chi connectivity index (χ2v) is 7.56. The lowest BCUT2D eigenvalue weighted by Gasteiger charge is -2.23. The molecule has 1 atom stereocenters. The molecule has 1 aliphatic heterocycles. The number of nitrogens with one attached hydrogen (secondary N) is 2. The first-order valence-electron chi connectivity index (χ1n) is 10.1. The molecule has 0 amide bonds. The van der Waals surface area contributed by atoms with Crippen LogP contribution in [0.25, 0.3) is 11.5 Å². The highest BCUT2D eigenvalue weighted by Gasteiger charge is 2.32. The minimum atomic E-state index is -0.0478. The summed E-state index contributed by atoms with van der Waals surface area (Å²) in [5, 5.41) is 14.9. The van der Waals surface area contributed by atoms with Crippen molar-refractivity contribution in [1.29, 1.82) is 0 Å². The number of halogens is 1. The minimum Gasteiger partial charge on any atom is -0.358 e. The van der Waals surface area contributed by atoms with Crippen LogP contribution in [-0.2, 0) is 6.42 Å². The number of hydrogen-bond donors (Lipinski definition) is 2. The van der Waals surface area contributed by atoms with Crippen LogP contribution < -0.4 is 10.2 Å². The van der Waals surface area contributed by atoms with Crippen molar-refractivity contribution in [2.75, 3.05) is 16.8 Å². The van der Waals surface area contributed by atoms with Gasteiger partial charge in [-0.1, -0.05) is 23.7 Å². The fraction of sp³-hybridized carbons (Fsp3) is 0.300. The van der Waals surface area contributed by atoms with Crippen LogP contribution in [0, 0.1) is 0 Å². The number of aromatic nitrogens is 7. The number of H-pyrrole nitrogens is 1. The number of aryl methyl sites for hydroxylation is 1. The average molecular weight is 438 g/mol. The number of nitrogens with zero attached hydrogens (tertiary/aromatic N) is 7. The van der Waals surface area contributed by atoms with Crippen LogP contribution in [0.5, 0.6) is 0 Å². The van der Waals surface area contributed by atoms with Crippen LogP contribution in [0.4, 0.5) is 17.6 Å². The van der Waals surface area contributed by atoms with Gasteiger partial charge < -0.3 is 14.7 Å². The highest BCUT2D eigenvalue weighted by Crippen LogP contribution is 2.36. The molecule has 5 heterocycles. The first-order chi connectivity index (χ1) is 15.2. The summed E-state index contributed by atoms with van der Waals surface area (Å²) in [6.07, 6.45) is 6.08. The Hall–Kier alpha value is -3.53. The number of rotatable bonds is 6. The Morgan fingerprint density at radius 2 is 2.06 bits per heavy atom. The third-order valence-electron chi connectivity index (χ3n) is 5.11. The first kappa shape index (κ1) is 19.4. The predicted molar refractivity (Wildman–Crippen MR) is 115 cm³/mol. The summed E-state index contributed by atoms with van der Waals surface area (Å²) in [6.45, 7) is 2.84. The molecule has 11 heteroatoms. The maximum Gasteiger partial charge on any atom is 0.229 e. The van der Waals surface area contributed by atoms with E-state index in [2.05, 4.69) is 52.4 Å². The summed E-state index contributed by atoms with van der Waals surface area (Å²) in [5.74, 6) is 3.03. The van der Waals surface area contributed by atoms with E-state index in [9.17, 15) is 0 Å². The fourth-order valence-electron chi connectivity index (χ4n) is 3.62. The van der Waals surface area contributed by atoms with Crippen LogP contribution in [0.2, 0.25) is 5.15 Å². The van der Waals surface area contributed by atoms with Crippen LogP contribution >= 0.6 is 11.6 Å². The highest BCUT2D eigenvalue weighted by molar-refractivity contribution is 6.29. The Balaban J connectivity index is 1.40. The Morgan fingerprint density at radius 3 is 2.87 bits per heavy atom. The maximum atomic E-state index is 6.31. The van der Waals surface area contributed by atoms with E-state index in [1.54, 1.807) is 24.5 Å². The van der Waals surface area contributed by atoms with Crippen molar-refractivity contribution in [3.05, 3.63) is 53.3 Å². The van der Waals surface area contributed by atoms with Crippen molar-refractivity contribution in [2.24, 2.45) is 0 Å². The monoisotopic (exact) mass is 437 g/mol. The molecule has 10 nitrogen and oxygen atoms in total. The van der Waals surface area contributed by atoms with E-state index in [1.807, 2.05) is 12.1 Å². The molecule has 0 radical (unpaired) electrons. The number of aromatic amines is 1. The molecular weight excluding hydrogens is 418 g/mol. The van der Waals surface area contributed by atoms with Gasteiger partial charge in [-0.05, 0) is 25.3 Å². The van der Waals surface area contributed by atoms with Crippen molar-refractivity contribution in [2.45, 2.75) is 32.2 Å². The lowest BCUT2D eigenvalue weighted by molar-refractivity contribution is 0.362. The molecule has 1 fully saturated rings. The van der Waals surface area contributed by atoms with Gasteiger partial charge in [0.2, 0.25) is 5.95 Å². The van der Waals surface area contributed by atoms with Crippen molar-refractivity contribution in [3.8, 4) is 11.5 Å². The van der Waals surface area contributed by atoms with Gasteiger partial charge in [-0.2, -0.15) is 10.1 Å². The molecule has 1 saturated heterocycles. The zero-order valence-electron chi connectivity index (χ0n) is 16.8. The van der Waals surface area contributed by atoms with Gasteiger partial charge in [-0.25, -0.2) is 15.0 Å². The van der Waals surface area contributed by atoms with Crippen LogP contribution in [0.15, 0.2) is 41.2 Å². The van der Waals surface area contributed by atoms with Gasteiger partial charge in [0.05, 0.1) is 6.04 Å². The molecule has 0 bridgehead atoms. The summed E-state index contributed by atoms with van der Waals surface area (Å²) >= 11 is 6.31. The lowest BCUT2D eigenvalue weighted by atomic mass is 10.1. The molecule has 31 heavy (non-hydrogen) atoms. The molecule has 1 aliphatic rings. The third-order valence-corrected chi connectivity index (χ3v) is 5.31. The van der Waals surface area contributed by atoms with Gasteiger partial charge in [0, 0.05) is 42.8 Å². The molecule has 2 N–H and O–H groups in total. The van der Waals surface area contributed by atoms with Crippen molar-refractivity contribution in [3.63, 3.8) is 0 Å². The number of hydrogen-bond acceptors (Lipinski definition) is 9. The Labute approximate surface area is 183 Å². The zero-order valence-corrected chi connectivity index (χ0v) is 17.5. The normalized spacial score (nSPS) is 16.1. The average Bonchev–Trinajstić information content (AvgIpc) is 3.54. The second-order valence-electron chi connectivity index (χ2n) is 7.17. The van der Waals surface area contributed by atoms with Gasteiger partial charge in [0.15, 0.2) is 23.1 Å². The molecule has 0 aromatic carbocycles. The molecule has 5 rings (SSSR count). The summed E-state index contributed by atoms with van der Waals surface area (Å²) in [5.41, 5.74) is 1.63. The van der Waals surface area contributed by atoms with Crippen LogP contribution in [0.1, 0.15) is 37.3 Å². The van der Waals surface area contributed by atoms with E-state index in [4.69, 9.17) is 16.1 Å². The standard InChI is InChI=1S/C20H20ClN9O/c1-2-12-9-18(28-27-12)25-17-11-16(21)24-20(26-17)30-8-3-5-14(30)15-10-13(29-31-15)19-22-6-4-7-23-19/h4,6-7,9-11,14H,2-3,5,8H2,1H3,(H2,24,25,26,27,28)/t14-/m0/s1. The Kier molecular flexibility index (Phi) is 5.21. The quantitative estimate of drug-likeness (QED) is 0.431. The van der Waals surface area contributed by atoms with Crippen molar-refractivity contribution >= 4 is 29.2 Å². The zero-order chi connectivity index (χ0) is 21.2. The van der Waals surface area contributed by atoms with Gasteiger partial charge in [0.25, 0.3) is 0 Å². The van der Waals surface area contributed by atoms with E-state index >= 15 is 0 Å². The highest BCUT2D eigenvalue weighted by atomic mass is 35.5. The summed E-state index contributed by atoms with van der Waals surface area (Å²) < 4.78 is 5.64. The molecule has 4 aromatic heterocycles. The lowest BCUT2D eigenvalue weighted by Crippen LogP contribution is -2.24. The molecule has 0 unspecified atom stereocenters. The van der Waals surface area contributed by atoms with Gasteiger partial charge in [0.1, 0.15) is 11.0 Å². The van der Waals surface area contributed by atoms with Gasteiger partial charge in [-0.3, -0.25) is 5.10 Å². The SMILES string of the molecule is CCc1cc(Nc2cc(Cl)nc(N3CCC[C@H]3c3cc(-c4ncccn4)no3)n2)n[nH]1. The first-order valence-corrected chi connectivity index (χ1v) is 10.4. The fourth-order valence-corrected chi connectivity index (χ4v) is 3.80. The summed E-state index contributed by atoms with van der Waals surface area (Å²) in [4.78, 5) is 19.7. The van der Waals surface area contributed by atoms with E-state index in [0.717, 1.165) is 37.3 Å². The molecule has 0 spiro atoms. The Morgan fingerprint density at radius 1 is 1.19 bits per heavy atom. The molecule has 0 saturated carbocycles. The molecule has 0 aliphatic carbocycles. The van der Waals surface area contributed by atoms with E-state index in [1.165, 1.54) is 0 Å². The van der Waals surface area contributed by atoms with Gasteiger partial charge in [-0.15, -0.1) is 0 Å². The molecular formula is C20H20ClN9O. The largest absolute Gasteiger partial charge is 0.358 e. The molecule has 4 aromatic rings. The van der Waals surface area contributed by atoms with Crippen molar-refractivity contribution in [1.82, 2.24) is 35.3 Å². The third kappa shape index (κ3) is 4.06. The number of anilines is 3. The molecule has 158 valence electrons.